The van der Waals surface area contributed by atoms with Gasteiger partial charge in [0.2, 0.25) is 0 Å². The number of hydrogen-bond acceptors (Lipinski definition) is 6. The minimum Gasteiger partial charge on any atom is -0.497 e. The number of amides is 2. The average Bonchev–Trinajstić information content (AvgIpc) is 2.84. The fraction of sp³-hybridized carbons (Fsp3) is 0.462. The molecule has 0 bridgehead atoms. The van der Waals surface area contributed by atoms with Crippen molar-refractivity contribution in [2.24, 2.45) is 5.92 Å². The Bertz CT molecular complexity index is 1010. The molecule has 8 heteroatoms. The number of fused-ring (bicyclic) bond motifs is 1. The fourth-order valence-corrected chi connectivity index (χ4v) is 4.00. The van der Waals surface area contributed by atoms with Crippen LogP contribution in [0.2, 0.25) is 0 Å². The summed E-state index contributed by atoms with van der Waals surface area (Å²) in [5.74, 6) is 0.838. The van der Waals surface area contributed by atoms with Gasteiger partial charge in [-0.2, -0.15) is 0 Å². The van der Waals surface area contributed by atoms with Crippen LogP contribution in [-0.4, -0.2) is 81.8 Å². The summed E-state index contributed by atoms with van der Waals surface area (Å²) in [5, 5.41) is 2.88. The van der Waals surface area contributed by atoms with Gasteiger partial charge in [0, 0.05) is 50.6 Å². The van der Waals surface area contributed by atoms with Gasteiger partial charge in [-0.15, -0.1) is 0 Å². The van der Waals surface area contributed by atoms with Gasteiger partial charge in [0.25, 0.3) is 11.8 Å². The van der Waals surface area contributed by atoms with E-state index in [-0.39, 0.29) is 29.9 Å². The number of likely N-dealkylation sites (N-methyl/N-ethyl adjacent to an activating group) is 2. The molecule has 1 N–H and O–H groups in total. The molecule has 0 fully saturated rings. The summed E-state index contributed by atoms with van der Waals surface area (Å²) < 4.78 is 17.0. The summed E-state index contributed by atoms with van der Waals surface area (Å²) >= 11 is 0. The quantitative estimate of drug-likeness (QED) is 0.740. The summed E-state index contributed by atoms with van der Waals surface area (Å²) in [6, 6.07) is 12.2. The molecule has 184 valence electrons. The monoisotopic (exact) mass is 469 g/mol. The largest absolute Gasteiger partial charge is 0.497 e. The van der Waals surface area contributed by atoms with Gasteiger partial charge in [-0.05, 0) is 50.2 Å². The zero-order valence-corrected chi connectivity index (χ0v) is 20.8. The summed E-state index contributed by atoms with van der Waals surface area (Å²) in [7, 11) is 7.06. The van der Waals surface area contributed by atoms with E-state index in [4.69, 9.17) is 14.2 Å². The van der Waals surface area contributed by atoms with Crippen molar-refractivity contribution in [1.82, 2.24) is 9.80 Å². The molecule has 1 aliphatic rings. The Morgan fingerprint density at radius 3 is 2.56 bits per heavy atom. The van der Waals surface area contributed by atoms with Crippen molar-refractivity contribution in [2.75, 3.05) is 53.3 Å². The topological polar surface area (TPSA) is 80.3 Å². The number of carbonyl (C=O) groups is 2. The lowest BCUT2D eigenvalue weighted by atomic mass is 10.0. The molecule has 34 heavy (non-hydrogen) atoms. The maximum Gasteiger partial charge on any atom is 0.257 e. The highest BCUT2D eigenvalue weighted by Crippen LogP contribution is 2.27. The molecule has 0 aliphatic carbocycles. The molecule has 0 unspecified atom stereocenters. The second kappa shape index (κ2) is 11.4. The number of hydrogen-bond donors (Lipinski definition) is 1. The number of rotatable bonds is 4. The first kappa shape index (κ1) is 25.5. The molecular weight excluding hydrogens is 434 g/mol. The van der Waals surface area contributed by atoms with E-state index in [1.165, 1.54) is 0 Å². The van der Waals surface area contributed by atoms with Crippen molar-refractivity contribution in [2.45, 2.75) is 26.0 Å². The summed E-state index contributed by atoms with van der Waals surface area (Å²) in [6.45, 7) is 5.90. The normalized spacial score (nSPS) is 22.1. The summed E-state index contributed by atoms with van der Waals surface area (Å²) in [6.07, 6.45) is -0.0891. The number of methoxy groups -OCH3 is 2. The molecule has 3 rings (SSSR count). The molecule has 2 amide bonds. The lowest BCUT2D eigenvalue weighted by Crippen LogP contribution is -2.45. The van der Waals surface area contributed by atoms with Gasteiger partial charge in [-0.3, -0.25) is 14.5 Å². The number of carbonyl (C=O) groups excluding carboxylic acids is 2. The van der Waals surface area contributed by atoms with E-state index in [0.29, 0.717) is 41.5 Å². The Balaban J connectivity index is 1.89. The number of anilines is 1. The Morgan fingerprint density at radius 1 is 1.09 bits per heavy atom. The maximum absolute atomic E-state index is 13.3. The zero-order valence-electron chi connectivity index (χ0n) is 20.8. The third-order valence-electron chi connectivity index (χ3n) is 6.35. The van der Waals surface area contributed by atoms with E-state index in [2.05, 4.69) is 31.1 Å². The van der Waals surface area contributed by atoms with Crippen LogP contribution in [0.25, 0.3) is 0 Å². The molecule has 2 aromatic rings. The van der Waals surface area contributed by atoms with Gasteiger partial charge in [-0.1, -0.05) is 13.0 Å². The zero-order chi connectivity index (χ0) is 24.8. The van der Waals surface area contributed by atoms with Crippen LogP contribution in [0.5, 0.6) is 11.5 Å². The average molecular weight is 470 g/mol. The van der Waals surface area contributed by atoms with E-state index in [9.17, 15) is 9.59 Å². The molecule has 0 spiro atoms. The molecule has 0 aromatic heterocycles. The first-order chi connectivity index (χ1) is 16.2. The number of benzene rings is 2. The number of nitrogens with zero attached hydrogens (tertiary/aromatic N) is 2. The number of ether oxygens (including phenoxy) is 3. The molecule has 0 radical (unpaired) electrons. The van der Waals surface area contributed by atoms with E-state index in [1.54, 1.807) is 68.6 Å². The van der Waals surface area contributed by atoms with Gasteiger partial charge in [0.05, 0.1) is 18.8 Å². The lowest BCUT2D eigenvalue weighted by Gasteiger charge is -2.34. The van der Waals surface area contributed by atoms with Gasteiger partial charge >= 0.3 is 0 Å². The first-order valence-electron chi connectivity index (χ1n) is 11.4. The fourth-order valence-electron chi connectivity index (χ4n) is 4.00. The van der Waals surface area contributed by atoms with Crippen molar-refractivity contribution in [3.63, 3.8) is 0 Å². The molecular formula is C26H35N3O5. The third kappa shape index (κ3) is 6.07. The SMILES string of the molecule is COc1cccc(C(=O)Nc2ccc3c(c2)OC[C@H](C)N(C)C[C@@H](C)[C@@H](OC)CN(C)C3=O)c1. The van der Waals surface area contributed by atoms with Crippen molar-refractivity contribution in [3.8, 4) is 11.5 Å². The summed E-state index contributed by atoms with van der Waals surface area (Å²) in [4.78, 5) is 29.9. The molecule has 8 nitrogen and oxygen atoms in total. The van der Waals surface area contributed by atoms with Gasteiger partial charge in [0.1, 0.15) is 18.1 Å². The van der Waals surface area contributed by atoms with Crippen LogP contribution < -0.4 is 14.8 Å². The van der Waals surface area contributed by atoms with Crippen LogP contribution in [0, 0.1) is 5.92 Å². The third-order valence-corrected chi connectivity index (χ3v) is 6.35. The van der Waals surface area contributed by atoms with E-state index in [1.807, 2.05) is 0 Å². The Morgan fingerprint density at radius 2 is 1.85 bits per heavy atom. The van der Waals surface area contributed by atoms with Crippen LogP contribution in [0.3, 0.4) is 0 Å². The minimum atomic E-state index is -0.277. The Hall–Kier alpha value is -3.10. The van der Waals surface area contributed by atoms with Crippen molar-refractivity contribution in [1.29, 1.82) is 0 Å². The highest BCUT2D eigenvalue weighted by molar-refractivity contribution is 6.05. The van der Waals surface area contributed by atoms with Crippen molar-refractivity contribution < 1.29 is 23.8 Å². The predicted molar refractivity (Wildman–Crippen MR) is 132 cm³/mol. The van der Waals surface area contributed by atoms with E-state index >= 15 is 0 Å². The standard InChI is InChI=1S/C26H35N3O5/c1-17-14-28(3)18(2)16-34-23-13-20(27-25(30)19-8-7-9-21(12-19)32-5)10-11-22(23)26(31)29(4)15-24(17)33-6/h7-13,17-18,24H,14-16H2,1-6H3,(H,27,30)/t17-,18+,24+/m1/s1. The van der Waals surface area contributed by atoms with Crippen LogP contribution in [0.4, 0.5) is 5.69 Å². The van der Waals surface area contributed by atoms with E-state index < -0.39 is 0 Å². The molecule has 0 saturated carbocycles. The highest BCUT2D eigenvalue weighted by atomic mass is 16.5. The van der Waals surface area contributed by atoms with Crippen LogP contribution in [-0.2, 0) is 4.74 Å². The highest BCUT2D eigenvalue weighted by Gasteiger charge is 2.27. The second-order valence-electron chi connectivity index (χ2n) is 8.93. The Kier molecular flexibility index (Phi) is 8.52. The second-order valence-corrected chi connectivity index (χ2v) is 8.93. The lowest BCUT2D eigenvalue weighted by molar-refractivity contribution is 0.0150. The van der Waals surface area contributed by atoms with Crippen LogP contribution in [0.1, 0.15) is 34.6 Å². The van der Waals surface area contributed by atoms with E-state index in [0.717, 1.165) is 6.54 Å². The predicted octanol–water partition coefficient (Wildman–Crippen LogP) is 3.38. The van der Waals surface area contributed by atoms with Crippen LogP contribution >= 0.6 is 0 Å². The van der Waals surface area contributed by atoms with Crippen LogP contribution in [0.15, 0.2) is 42.5 Å². The smallest absolute Gasteiger partial charge is 0.257 e. The van der Waals surface area contributed by atoms with Gasteiger partial charge < -0.3 is 24.4 Å². The van der Waals surface area contributed by atoms with Gasteiger partial charge in [-0.25, -0.2) is 0 Å². The number of nitrogens with one attached hydrogen (secondary N) is 1. The van der Waals surface area contributed by atoms with Crippen molar-refractivity contribution in [3.05, 3.63) is 53.6 Å². The first-order valence-corrected chi connectivity index (χ1v) is 11.4. The van der Waals surface area contributed by atoms with Gasteiger partial charge in [0.15, 0.2) is 0 Å². The molecule has 1 heterocycles. The molecule has 2 aromatic carbocycles. The molecule has 0 saturated heterocycles. The minimum absolute atomic E-state index is 0.0891. The maximum atomic E-state index is 13.3. The van der Waals surface area contributed by atoms with Crippen molar-refractivity contribution >= 4 is 17.5 Å². The molecule has 1 aliphatic heterocycles. The summed E-state index contributed by atoms with van der Waals surface area (Å²) in [5.41, 5.74) is 1.46. The Labute approximate surface area is 201 Å². The molecule has 3 atom stereocenters.